The Bertz CT molecular complexity index is 953. The van der Waals surface area contributed by atoms with Gasteiger partial charge in [-0.05, 0) is 43.0 Å². The van der Waals surface area contributed by atoms with Crippen molar-refractivity contribution in [3.8, 4) is 0 Å². The summed E-state index contributed by atoms with van der Waals surface area (Å²) in [6.07, 6.45) is 2.63. The number of para-hydroxylation sites is 1. The first-order valence-corrected chi connectivity index (χ1v) is 8.29. The minimum absolute atomic E-state index is 0.0374. The number of aromatic nitrogens is 1. The van der Waals surface area contributed by atoms with Gasteiger partial charge < -0.3 is 4.74 Å². The van der Waals surface area contributed by atoms with Crippen LogP contribution in [-0.4, -0.2) is 23.6 Å². The van der Waals surface area contributed by atoms with E-state index < -0.39 is 5.97 Å². The van der Waals surface area contributed by atoms with Gasteiger partial charge in [0.15, 0.2) is 0 Å². The van der Waals surface area contributed by atoms with Crippen LogP contribution < -0.4 is 0 Å². The molecule has 0 unspecified atom stereocenters. The molecule has 0 aliphatic rings. The van der Waals surface area contributed by atoms with Crippen molar-refractivity contribution in [2.75, 3.05) is 7.11 Å². The number of methoxy groups -OCH3 is 1. The van der Waals surface area contributed by atoms with Gasteiger partial charge in [0.25, 0.3) is 0 Å². The molecule has 0 fully saturated rings. The third-order valence-electron chi connectivity index (χ3n) is 4.58. The van der Waals surface area contributed by atoms with Crippen LogP contribution in [0.1, 0.15) is 38.3 Å². The number of esters is 1. The number of hydrogen-bond donors (Lipinski definition) is 0. The monoisotopic (exact) mass is 335 g/mol. The van der Waals surface area contributed by atoms with E-state index in [9.17, 15) is 9.59 Å². The van der Waals surface area contributed by atoms with E-state index >= 15 is 0 Å². The Kier molecular flexibility index (Phi) is 4.70. The summed E-state index contributed by atoms with van der Waals surface area (Å²) in [5.74, 6) is -0.471. The molecule has 25 heavy (non-hydrogen) atoms. The molecule has 4 heteroatoms. The van der Waals surface area contributed by atoms with Gasteiger partial charge in [0.2, 0.25) is 5.91 Å². The molecule has 0 saturated carbocycles. The fourth-order valence-corrected chi connectivity index (χ4v) is 2.99. The predicted octanol–water partition coefficient (Wildman–Crippen LogP) is 4.32. The molecule has 0 radical (unpaired) electrons. The summed E-state index contributed by atoms with van der Waals surface area (Å²) in [7, 11) is 1.34. The minimum atomic E-state index is -0.433. The van der Waals surface area contributed by atoms with Gasteiger partial charge in [-0.2, -0.15) is 0 Å². The van der Waals surface area contributed by atoms with Crippen LogP contribution in [0, 0.1) is 13.8 Å². The van der Waals surface area contributed by atoms with E-state index in [4.69, 9.17) is 4.74 Å². The van der Waals surface area contributed by atoms with E-state index in [1.807, 2.05) is 24.3 Å². The average molecular weight is 335 g/mol. The standard InChI is InChI=1S/C21H21NO3/c1-14-8-9-16(12-15(14)2)10-11-20(23)22-13-18(21(24)25-3)17-6-4-5-7-19(17)22/h4-9,12-13H,10-11H2,1-3H3. The van der Waals surface area contributed by atoms with Gasteiger partial charge in [0.05, 0.1) is 18.2 Å². The second kappa shape index (κ2) is 6.93. The Morgan fingerprint density at radius 1 is 1.04 bits per heavy atom. The van der Waals surface area contributed by atoms with Gasteiger partial charge in [0.1, 0.15) is 0 Å². The summed E-state index contributed by atoms with van der Waals surface area (Å²) >= 11 is 0. The van der Waals surface area contributed by atoms with Gasteiger partial charge >= 0.3 is 5.97 Å². The van der Waals surface area contributed by atoms with E-state index in [2.05, 4.69) is 32.0 Å². The fraction of sp³-hybridized carbons (Fsp3) is 0.238. The first-order valence-electron chi connectivity index (χ1n) is 8.29. The normalized spacial score (nSPS) is 10.8. The number of ether oxygens (including phenoxy) is 1. The molecule has 1 heterocycles. The molecule has 0 aliphatic carbocycles. The lowest BCUT2D eigenvalue weighted by Gasteiger charge is -2.06. The second-order valence-corrected chi connectivity index (χ2v) is 6.23. The van der Waals surface area contributed by atoms with E-state index in [-0.39, 0.29) is 5.91 Å². The highest BCUT2D eigenvalue weighted by atomic mass is 16.5. The van der Waals surface area contributed by atoms with Gasteiger partial charge in [-0.3, -0.25) is 9.36 Å². The molecule has 3 aromatic rings. The number of fused-ring (bicyclic) bond motifs is 1. The first kappa shape index (κ1) is 17.0. The topological polar surface area (TPSA) is 48.3 Å². The third kappa shape index (κ3) is 3.33. The largest absolute Gasteiger partial charge is 0.465 e. The molecule has 0 bridgehead atoms. The van der Waals surface area contributed by atoms with Gasteiger partial charge in [-0.25, -0.2) is 4.79 Å². The van der Waals surface area contributed by atoms with Crippen LogP contribution in [0.15, 0.2) is 48.7 Å². The highest BCUT2D eigenvalue weighted by Gasteiger charge is 2.18. The number of benzene rings is 2. The third-order valence-corrected chi connectivity index (χ3v) is 4.58. The molecule has 4 nitrogen and oxygen atoms in total. The average Bonchev–Trinajstić information content (AvgIpc) is 3.01. The van der Waals surface area contributed by atoms with Gasteiger partial charge in [-0.1, -0.05) is 36.4 Å². The summed E-state index contributed by atoms with van der Waals surface area (Å²) in [6.45, 7) is 4.15. The molecule has 0 N–H and O–H groups in total. The maximum absolute atomic E-state index is 12.7. The van der Waals surface area contributed by atoms with Crippen molar-refractivity contribution in [3.63, 3.8) is 0 Å². The number of carbonyl (C=O) groups is 2. The summed E-state index contributed by atoms with van der Waals surface area (Å²) in [5, 5.41) is 0.730. The molecule has 0 amide bonds. The molecular weight excluding hydrogens is 314 g/mol. The van der Waals surface area contributed by atoms with Gasteiger partial charge in [0, 0.05) is 18.0 Å². The summed E-state index contributed by atoms with van der Waals surface area (Å²) in [6, 6.07) is 13.6. The predicted molar refractivity (Wildman–Crippen MR) is 98.1 cm³/mol. The van der Waals surface area contributed by atoms with Crippen LogP contribution in [0.5, 0.6) is 0 Å². The summed E-state index contributed by atoms with van der Waals surface area (Å²) < 4.78 is 6.39. The van der Waals surface area contributed by atoms with Crippen LogP contribution in [0.4, 0.5) is 0 Å². The maximum Gasteiger partial charge on any atom is 0.340 e. The van der Waals surface area contributed by atoms with Crippen molar-refractivity contribution >= 4 is 22.8 Å². The van der Waals surface area contributed by atoms with Crippen LogP contribution in [-0.2, 0) is 11.2 Å². The lowest BCUT2D eigenvalue weighted by Crippen LogP contribution is -2.10. The molecule has 2 aromatic carbocycles. The molecule has 3 rings (SSSR count). The highest BCUT2D eigenvalue weighted by Crippen LogP contribution is 2.23. The minimum Gasteiger partial charge on any atom is -0.465 e. The molecule has 0 atom stereocenters. The number of aryl methyl sites for hydroxylation is 3. The Morgan fingerprint density at radius 2 is 1.80 bits per heavy atom. The quantitative estimate of drug-likeness (QED) is 0.667. The van der Waals surface area contributed by atoms with Crippen molar-refractivity contribution in [1.29, 1.82) is 0 Å². The molecular formula is C21H21NO3. The van der Waals surface area contributed by atoms with E-state index in [1.165, 1.54) is 18.2 Å². The SMILES string of the molecule is COC(=O)c1cn(C(=O)CCc2ccc(C)c(C)c2)c2ccccc12. The molecule has 1 aromatic heterocycles. The van der Waals surface area contributed by atoms with Gasteiger partial charge in [-0.15, -0.1) is 0 Å². The van der Waals surface area contributed by atoms with E-state index in [1.54, 1.807) is 10.8 Å². The highest BCUT2D eigenvalue weighted by molar-refractivity contribution is 6.07. The Labute approximate surface area is 147 Å². The zero-order valence-electron chi connectivity index (χ0n) is 14.7. The molecule has 0 aliphatic heterocycles. The van der Waals surface area contributed by atoms with Crippen molar-refractivity contribution in [2.24, 2.45) is 0 Å². The van der Waals surface area contributed by atoms with Crippen molar-refractivity contribution in [1.82, 2.24) is 4.57 Å². The molecule has 0 saturated heterocycles. The van der Waals surface area contributed by atoms with Crippen molar-refractivity contribution < 1.29 is 14.3 Å². The zero-order valence-corrected chi connectivity index (χ0v) is 14.7. The maximum atomic E-state index is 12.7. The molecule has 0 spiro atoms. The smallest absolute Gasteiger partial charge is 0.340 e. The van der Waals surface area contributed by atoms with Crippen molar-refractivity contribution in [3.05, 3.63) is 70.9 Å². The van der Waals surface area contributed by atoms with Crippen molar-refractivity contribution in [2.45, 2.75) is 26.7 Å². The zero-order chi connectivity index (χ0) is 18.0. The van der Waals surface area contributed by atoms with Crippen LogP contribution in [0.25, 0.3) is 10.9 Å². The summed E-state index contributed by atoms with van der Waals surface area (Å²) in [5.41, 5.74) is 4.75. The Morgan fingerprint density at radius 3 is 2.52 bits per heavy atom. The van der Waals surface area contributed by atoms with E-state index in [0.717, 1.165) is 16.5 Å². The fourth-order valence-electron chi connectivity index (χ4n) is 2.99. The number of rotatable bonds is 4. The Balaban J connectivity index is 1.87. The Hall–Kier alpha value is -2.88. The van der Waals surface area contributed by atoms with E-state index in [0.29, 0.717) is 18.4 Å². The second-order valence-electron chi connectivity index (χ2n) is 6.23. The lowest BCUT2D eigenvalue weighted by molar-refractivity contribution is 0.0603. The number of hydrogen-bond acceptors (Lipinski definition) is 3. The van der Waals surface area contributed by atoms with Crippen LogP contribution in [0.2, 0.25) is 0 Å². The van der Waals surface area contributed by atoms with Crippen LogP contribution >= 0.6 is 0 Å². The van der Waals surface area contributed by atoms with Crippen LogP contribution in [0.3, 0.4) is 0 Å². The summed E-state index contributed by atoms with van der Waals surface area (Å²) in [4.78, 5) is 24.7. The first-order chi connectivity index (χ1) is 12.0. The number of nitrogens with zero attached hydrogens (tertiary/aromatic N) is 1. The lowest BCUT2D eigenvalue weighted by atomic mass is 10.0. The number of carbonyl (C=O) groups excluding carboxylic acids is 2. The molecule has 128 valence electrons.